The molecule has 0 bridgehead atoms. The van der Waals surface area contributed by atoms with Gasteiger partial charge in [-0.15, -0.1) is 0 Å². The van der Waals surface area contributed by atoms with E-state index in [1.54, 1.807) is 14.1 Å². The fourth-order valence-corrected chi connectivity index (χ4v) is 1.15. The lowest BCUT2D eigenvalue weighted by molar-refractivity contribution is -0.130. The minimum absolute atomic E-state index is 0.128. The molecule has 0 heterocycles. The number of carbonyl (C=O) groups excluding carboxylic acids is 1. The molecular weight excluding hydrogens is 216 g/mol. The van der Waals surface area contributed by atoms with E-state index in [2.05, 4.69) is 0 Å². The van der Waals surface area contributed by atoms with E-state index < -0.39 is 6.43 Å². The lowest BCUT2D eigenvalue weighted by atomic mass is 10.3. The third-order valence-electron chi connectivity index (χ3n) is 2.14. The number of halogens is 2. The number of nitriles is 1. The zero-order chi connectivity index (χ0) is 12.6. The molecule has 0 aromatic heterocycles. The number of carbonyl (C=O) groups is 1. The van der Waals surface area contributed by atoms with Crippen LogP contribution in [0.4, 0.5) is 8.78 Å². The van der Waals surface area contributed by atoms with Crippen LogP contribution in [0.1, 0.15) is 12.8 Å². The molecule has 0 aliphatic heterocycles. The molecule has 0 radical (unpaired) electrons. The molecule has 16 heavy (non-hydrogen) atoms. The molecule has 0 spiro atoms. The highest BCUT2D eigenvalue weighted by atomic mass is 19.3. The predicted octanol–water partition coefficient (Wildman–Crippen LogP) is 0.945. The van der Waals surface area contributed by atoms with Crippen molar-refractivity contribution in [2.24, 2.45) is 0 Å². The van der Waals surface area contributed by atoms with Gasteiger partial charge in [-0.05, 0) is 7.05 Å². The lowest BCUT2D eigenvalue weighted by Crippen LogP contribution is -2.32. The Morgan fingerprint density at radius 3 is 2.50 bits per heavy atom. The third-order valence-corrected chi connectivity index (χ3v) is 2.14. The van der Waals surface area contributed by atoms with Gasteiger partial charge in [0, 0.05) is 26.6 Å². The summed E-state index contributed by atoms with van der Waals surface area (Å²) in [5.41, 5.74) is 0. The van der Waals surface area contributed by atoms with E-state index >= 15 is 0 Å². The molecule has 92 valence electrons. The summed E-state index contributed by atoms with van der Waals surface area (Å²) in [5.74, 6) is -0.128. The van der Waals surface area contributed by atoms with Crippen molar-refractivity contribution in [2.75, 3.05) is 33.7 Å². The van der Waals surface area contributed by atoms with Crippen LogP contribution < -0.4 is 0 Å². The molecule has 0 aliphatic rings. The molecule has 0 saturated carbocycles. The molecule has 0 rings (SSSR count). The first-order valence-electron chi connectivity index (χ1n) is 5.05. The average molecular weight is 233 g/mol. The van der Waals surface area contributed by atoms with Gasteiger partial charge in [0.1, 0.15) is 0 Å². The second-order valence-electron chi connectivity index (χ2n) is 3.63. The van der Waals surface area contributed by atoms with E-state index in [0.717, 1.165) is 0 Å². The molecule has 1 amide bonds. The Morgan fingerprint density at radius 2 is 2.00 bits per heavy atom. The zero-order valence-electron chi connectivity index (χ0n) is 9.62. The van der Waals surface area contributed by atoms with Gasteiger partial charge in [0.2, 0.25) is 5.91 Å². The maximum absolute atomic E-state index is 12.0. The van der Waals surface area contributed by atoms with Crippen LogP contribution in [-0.2, 0) is 4.79 Å². The van der Waals surface area contributed by atoms with Crippen molar-refractivity contribution in [3.05, 3.63) is 0 Å². The summed E-state index contributed by atoms with van der Waals surface area (Å²) in [5, 5.41) is 8.33. The molecule has 0 saturated heterocycles. The summed E-state index contributed by atoms with van der Waals surface area (Å²) in [6.45, 7) is 0.364. The summed E-state index contributed by atoms with van der Waals surface area (Å²) in [6.07, 6.45) is -1.89. The molecule has 4 nitrogen and oxygen atoms in total. The highest BCUT2D eigenvalue weighted by Crippen LogP contribution is 1.99. The predicted molar refractivity (Wildman–Crippen MR) is 56.0 cm³/mol. The van der Waals surface area contributed by atoms with Gasteiger partial charge >= 0.3 is 0 Å². The van der Waals surface area contributed by atoms with Gasteiger partial charge in [-0.2, -0.15) is 5.26 Å². The molecule has 6 heteroatoms. The summed E-state index contributed by atoms with van der Waals surface area (Å²) >= 11 is 0. The van der Waals surface area contributed by atoms with Gasteiger partial charge < -0.3 is 9.80 Å². The number of nitrogens with zero attached hydrogens (tertiary/aromatic N) is 3. The Bertz CT molecular complexity index is 253. The first-order valence-corrected chi connectivity index (χ1v) is 5.05. The van der Waals surface area contributed by atoms with Crippen molar-refractivity contribution in [2.45, 2.75) is 19.3 Å². The maximum atomic E-state index is 12.0. The number of hydrogen-bond acceptors (Lipinski definition) is 3. The third kappa shape index (κ3) is 7.12. The van der Waals surface area contributed by atoms with Crippen LogP contribution in [0.2, 0.25) is 0 Å². The number of alkyl halides is 2. The fourth-order valence-electron chi connectivity index (χ4n) is 1.15. The van der Waals surface area contributed by atoms with Crippen molar-refractivity contribution in [1.29, 1.82) is 5.26 Å². The van der Waals surface area contributed by atoms with Crippen LogP contribution in [0, 0.1) is 11.3 Å². The fraction of sp³-hybridized carbons (Fsp3) is 0.800. The van der Waals surface area contributed by atoms with E-state index in [1.807, 2.05) is 6.07 Å². The highest BCUT2D eigenvalue weighted by Gasteiger charge is 2.12. The van der Waals surface area contributed by atoms with E-state index in [-0.39, 0.29) is 25.3 Å². The van der Waals surface area contributed by atoms with Crippen molar-refractivity contribution < 1.29 is 13.6 Å². The zero-order valence-corrected chi connectivity index (χ0v) is 9.62. The smallest absolute Gasteiger partial charge is 0.251 e. The van der Waals surface area contributed by atoms with Crippen molar-refractivity contribution in [3.63, 3.8) is 0 Å². The second kappa shape index (κ2) is 7.99. The first kappa shape index (κ1) is 14.8. The van der Waals surface area contributed by atoms with Crippen molar-refractivity contribution >= 4 is 5.91 Å². The molecule has 0 fully saturated rings. The van der Waals surface area contributed by atoms with E-state index in [4.69, 9.17) is 5.26 Å². The summed E-state index contributed by atoms with van der Waals surface area (Å²) in [6, 6.07) is 1.94. The van der Waals surface area contributed by atoms with Gasteiger partial charge in [-0.3, -0.25) is 4.79 Å². The average Bonchev–Trinajstić information content (AvgIpc) is 2.21. The van der Waals surface area contributed by atoms with Crippen LogP contribution in [0.3, 0.4) is 0 Å². The van der Waals surface area contributed by atoms with Gasteiger partial charge in [0.05, 0.1) is 19.0 Å². The molecule has 0 aliphatic carbocycles. The summed E-state index contributed by atoms with van der Waals surface area (Å²) in [7, 11) is 3.15. The molecule has 0 unspecified atom stereocenters. The molecule has 0 aromatic rings. The Hall–Kier alpha value is -1.22. The monoisotopic (exact) mass is 233 g/mol. The molecule has 0 aromatic carbocycles. The minimum atomic E-state index is -2.38. The van der Waals surface area contributed by atoms with Gasteiger partial charge in [0.25, 0.3) is 6.43 Å². The van der Waals surface area contributed by atoms with Gasteiger partial charge in [-0.1, -0.05) is 0 Å². The standard InChI is InChI=1S/C10H17F2N3O/c1-14(8-9(11)12)7-4-10(16)15(2)6-3-5-13/h9H,3-4,6-8H2,1-2H3. The van der Waals surface area contributed by atoms with E-state index in [0.29, 0.717) is 13.1 Å². The van der Waals surface area contributed by atoms with Gasteiger partial charge in [-0.25, -0.2) is 8.78 Å². The largest absolute Gasteiger partial charge is 0.345 e. The van der Waals surface area contributed by atoms with Crippen molar-refractivity contribution in [3.8, 4) is 6.07 Å². The van der Waals surface area contributed by atoms with Crippen LogP contribution in [0.25, 0.3) is 0 Å². The lowest BCUT2D eigenvalue weighted by Gasteiger charge is -2.19. The quantitative estimate of drug-likeness (QED) is 0.657. The first-order chi connectivity index (χ1) is 7.47. The highest BCUT2D eigenvalue weighted by molar-refractivity contribution is 5.76. The summed E-state index contributed by atoms with van der Waals surface area (Å²) < 4.78 is 23.9. The minimum Gasteiger partial charge on any atom is -0.345 e. The second-order valence-corrected chi connectivity index (χ2v) is 3.63. The normalized spacial score (nSPS) is 10.6. The van der Waals surface area contributed by atoms with Crippen LogP contribution in [0.5, 0.6) is 0 Å². The SMILES string of the molecule is CN(CCC(=O)N(C)CCC#N)CC(F)F. The molecular formula is C10H17F2N3O. The number of hydrogen-bond donors (Lipinski definition) is 0. The van der Waals surface area contributed by atoms with Gasteiger partial charge in [0.15, 0.2) is 0 Å². The Labute approximate surface area is 94.4 Å². The Morgan fingerprint density at radius 1 is 1.38 bits per heavy atom. The number of rotatable bonds is 7. The molecule has 0 N–H and O–H groups in total. The Kier molecular flexibility index (Phi) is 7.38. The molecule has 0 atom stereocenters. The van der Waals surface area contributed by atoms with Crippen LogP contribution in [0.15, 0.2) is 0 Å². The van der Waals surface area contributed by atoms with Crippen LogP contribution >= 0.6 is 0 Å². The maximum Gasteiger partial charge on any atom is 0.251 e. The van der Waals surface area contributed by atoms with Crippen molar-refractivity contribution in [1.82, 2.24) is 9.80 Å². The topological polar surface area (TPSA) is 47.3 Å². The van der Waals surface area contributed by atoms with Crippen LogP contribution in [-0.4, -0.2) is 55.9 Å². The number of amides is 1. The van der Waals surface area contributed by atoms with E-state index in [1.165, 1.54) is 9.80 Å². The van der Waals surface area contributed by atoms with E-state index in [9.17, 15) is 13.6 Å². The summed E-state index contributed by atoms with van der Waals surface area (Å²) in [4.78, 5) is 14.3. The Balaban J connectivity index is 3.75.